The molecule has 1 N–H and O–H groups in total. The third-order valence-corrected chi connectivity index (χ3v) is 7.04. The lowest BCUT2D eigenvalue weighted by molar-refractivity contribution is -0.129. The molecule has 1 unspecified atom stereocenters. The summed E-state index contributed by atoms with van der Waals surface area (Å²) in [5, 5.41) is 6.21. The normalized spacial score (nSPS) is 18.1. The molecule has 3 aromatic rings. The summed E-state index contributed by atoms with van der Waals surface area (Å²) in [6.07, 6.45) is 4.45. The maximum Gasteiger partial charge on any atom is 0.231 e. The van der Waals surface area contributed by atoms with Gasteiger partial charge < -0.3 is 19.7 Å². The Morgan fingerprint density at radius 1 is 1.33 bits per heavy atom. The number of carbonyl (C=O) groups excluding carboxylic acids is 1. The van der Waals surface area contributed by atoms with Crippen LogP contribution < -0.4 is 14.8 Å². The summed E-state index contributed by atoms with van der Waals surface area (Å²) in [7, 11) is 0. The van der Waals surface area contributed by atoms with Crippen molar-refractivity contribution in [3.8, 4) is 11.5 Å². The first-order chi connectivity index (χ1) is 14.6. The number of nitrogens with one attached hydrogen (secondary N) is 1. The van der Waals surface area contributed by atoms with Crippen LogP contribution in [0.25, 0.3) is 4.96 Å². The van der Waals surface area contributed by atoms with Gasteiger partial charge in [0.2, 0.25) is 12.7 Å². The molecule has 30 heavy (non-hydrogen) atoms. The van der Waals surface area contributed by atoms with Gasteiger partial charge in [0.05, 0.1) is 12.2 Å². The van der Waals surface area contributed by atoms with Crippen LogP contribution in [0.1, 0.15) is 36.2 Å². The fraction of sp³-hybridized carbons (Fsp3) is 0.429. The van der Waals surface area contributed by atoms with Crippen molar-refractivity contribution in [1.82, 2.24) is 19.6 Å². The predicted molar refractivity (Wildman–Crippen MR) is 115 cm³/mol. The molecule has 2 aliphatic heterocycles. The van der Waals surface area contributed by atoms with Gasteiger partial charge in [-0.25, -0.2) is 4.98 Å². The van der Waals surface area contributed by atoms with Crippen molar-refractivity contribution >= 4 is 33.8 Å². The van der Waals surface area contributed by atoms with E-state index in [9.17, 15) is 4.79 Å². The molecule has 7 nitrogen and oxygen atoms in total. The number of likely N-dealkylation sites (tertiary alicyclic amines) is 1. The molecule has 0 radical (unpaired) electrons. The van der Waals surface area contributed by atoms with Gasteiger partial charge in [-0.3, -0.25) is 9.20 Å². The Morgan fingerprint density at radius 2 is 2.17 bits per heavy atom. The fourth-order valence-corrected chi connectivity index (χ4v) is 5.18. The number of thiazole rings is 1. The first-order valence-corrected chi connectivity index (χ1v) is 11.3. The van der Waals surface area contributed by atoms with Crippen molar-refractivity contribution in [2.75, 3.05) is 13.3 Å². The number of benzene rings is 1. The monoisotopic (exact) mass is 446 g/mol. The van der Waals surface area contributed by atoms with Gasteiger partial charge in [-0.2, -0.15) is 0 Å². The quantitative estimate of drug-likeness (QED) is 0.560. The van der Waals surface area contributed by atoms with Gasteiger partial charge in [-0.15, -0.1) is 11.3 Å². The van der Waals surface area contributed by atoms with Gasteiger partial charge in [0.25, 0.3) is 0 Å². The number of hydrogen-bond donors (Lipinski definition) is 1. The van der Waals surface area contributed by atoms with Crippen molar-refractivity contribution in [2.45, 2.75) is 45.3 Å². The molecule has 0 aliphatic carbocycles. The van der Waals surface area contributed by atoms with E-state index in [0.717, 1.165) is 41.4 Å². The van der Waals surface area contributed by atoms with E-state index in [4.69, 9.17) is 21.1 Å². The van der Waals surface area contributed by atoms with Crippen LogP contribution in [0.15, 0.2) is 23.7 Å². The van der Waals surface area contributed by atoms with Gasteiger partial charge in [-0.1, -0.05) is 11.6 Å². The molecule has 2 aliphatic rings. The van der Waals surface area contributed by atoms with E-state index in [1.807, 2.05) is 17.2 Å². The zero-order valence-corrected chi connectivity index (χ0v) is 18.3. The van der Waals surface area contributed by atoms with E-state index in [2.05, 4.69) is 27.0 Å². The Labute approximate surface area is 183 Å². The molecular weight excluding hydrogens is 424 g/mol. The van der Waals surface area contributed by atoms with Gasteiger partial charge >= 0.3 is 0 Å². The third kappa shape index (κ3) is 3.75. The zero-order chi connectivity index (χ0) is 20.7. The molecule has 0 spiro atoms. The molecule has 5 rings (SSSR count). The van der Waals surface area contributed by atoms with E-state index in [1.165, 1.54) is 5.69 Å². The summed E-state index contributed by atoms with van der Waals surface area (Å²) in [5.74, 6) is 1.64. The second-order valence-corrected chi connectivity index (χ2v) is 8.98. The minimum Gasteiger partial charge on any atom is -0.454 e. The number of fused-ring (bicyclic) bond motifs is 2. The lowest BCUT2D eigenvalue weighted by Gasteiger charge is -2.24. The number of imidazole rings is 1. The van der Waals surface area contributed by atoms with Gasteiger partial charge in [-0.05, 0) is 37.9 Å². The van der Waals surface area contributed by atoms with Crippen LogP contribution in [0, 0.1) is 6.92 Å². The molecule has 1 fully saturated rings. The molecule has 158 valence electrons. The van der Waals surface area contributed by atoms with E-state index in [-0.39, 0.29) is 18.7 Å². The van der Waals surface area contributed by atoms with Crippen molar-refractivity contribution in [3.05, 3.63) is 45.7 Å². The largest absolute Gasteiger partial charge is 0.454 e. The minimum atomic E-state index is 0.215. The topological polar surface area (TPSA) is 68.1 Å². The number of rotatable bonds is 7. The van der Waals surface area contributed by atoms with Gasteiger partial charge in [0, 0.05) is 47.4 Å². The first-order valence-electron chi connectivity index (χ1n) is 10.1. The highest BCUT2D eigenvalue weighted by Gasteiger charge is 2.31. The smallest absolute Gasteiger partial charge is 0.231 e. The molecule has 0 bridgehead atoms. The standard InChI is InChI=1S/C21H23ClN4O3S/c1-13-11-30-21-24-15(9-25(13)21)10-26-16(2-3-20(26)27)4-5-23-8-14-6-18-19(7-17(14)22)29-12-28-18/h6-7,9,11,16,23H,2-5,8,10,12H2,1H3. The highest BCUT2D eigenvalue weighted by molar-refractivity contribution is 7.15. The molecule has 1 atom stereocenters. The van der Waals surface area contributed by atoms with Crippen molar-refractivity contribution in [1.29, 1.82) is 0 Å². The van der Waals surface area contributed by atoms with Crippen molar-refractivity contribution < 1.29 is 14.3 Å². The molecule has 1 aromatic carbocycles. The number of halogens is 1. The number of carbonyl (C=O) groups is 1. The average molecular weight is 447 g/mol. The third-order valence-electron chi connectivity index (χ3n) is 5.73. The second-order valence-electron chi connectivity index (χ2n) is 7.74. The van der Waals surface area contributed by atoms with Crippen molar-refractivity contribution in [2.24, 2.45) is 0 Å². The molecule has 0 saturated carbocycles. The Morgan fingerprint density at radius 3 is 3.00 bits per heavy atom. The Hall–Kier alpha value is -2.29. The van der Waals surface area contributed by atoms with Crippen LogP contribution in [0.2, 0.25) is 5.02 Å². The summed E-state index contributed by atoms with van der Waals surface area (Å²) in [5.41, 5.74) is 3.10. The van der Waals surface area contributed by atoms with E-state index < -0.39 is 0 Å². The maximum atomic E-state index is 12.4. The first kappa shape index (κ1) is 19.7. The number of aryl methyl sites for hydroxylation is 1. The molecular formula is C21H23ClN4O3S. The molecule has 4 heterocycles. The summed E-state index contributed by atoms with van der Waals surface area (Å²) in [6.45, 7) is 4.33. The van der Waals surface area contributed by atoms with Crippen LogP contribution in [0.4, 0.5) is 0 Å². The summed E-state index contributed by atoms with van der Waals surface area (Å²) in [4.78, 5) is 20.1. The average Bonchev–Trinajstić information content (AvgIpc) is 3.48. The number of nitrogens with zero attached hydrogens (tertiary/aromatic N) is 3. The fourth-order valence-electron chi connectivity index (χ4n) is 4.09. The van der Waals surface area contributed by atoms with Crippen molar-refractivity contribution in [3.63, 3.8) is 0 Å². The van der Waals surface area contributed by atoms with E-state index >= 15 is 0 Å². The van der Waals surface area contributed by atoms with E-state index in [1.54, 1.807) is 17.4 Å². The Bertz CT molecular complexity index is 1100. The van der Waals surface area contributed by atoms with Crippen LogP contribution in [0.3, 0.4) is 0 Å². The van der Waals surface area contributed by atoms with Crippen LogP contribution in [-0.4, -0.2) is 39.6 Å². The van der Waals surface area contributed by atoms with E-state index in [0.29, 0.717) is 30.3 Å². The molecule has 1 amide bonds. The second kappa shape index (κ2) is 8.09. The molecule has 1 saturated heterocycles. The molecule has 2 aromatic heterocycles. The minimum absolute atomic E-state index is 0.215. The lowest BCUT2D eigenvalue weighted by Crippen LogP contribution is -2.34. The SMILES string of the molecule is Cc1csc2nc(CN3C(=O)CCC3CCNCc3cc4c(cc3Cl)OCO4)cn12. The Balaban J connectivity index is 1.17. The zero-order valence-electron chi connectivity index (χ0n) is 16.7. The highest BCUT2D eigenvalue weighted by atomic mass is 35.5. The van der Waals surface area contributed by atoms with Crippen LogP contribution in [-0.2, 0) is 17.9 Å². The van der Waals surface area contributed by atoms with Gasteiger partial charge in [0.15, 0.2) is 16.5 Å². The van der Waals surface area contributed by atoms with Crippen LogP contribution in [0.5, 0.6) is 11.5 Å². The summed E-state index contributed by atoms with van der Waals surface area (Å²) < 4.78 is 12.9. The number of hydrogen-bond acceptors (Lipinski definition) is 6. The van der Waals surface area contributed by atoms with Gasteiger partial charge in [0.1, 0.15) is 0 Å². The number of amides is 1. The number of ether oxygens (including phenoxy) is 2. The number of aromatic nitrogens is 2. The lowest BCUT2D eigenvalue weighted by atomic mass is 10.1. The summed E-state index contributed by atoms with van der Waals surface area (Å²) in [6, 6.07) is 3.96. The predicted octanol–water partition coefficient (Wildman–Crippen LogP) is 3.76. The molecule has 9 heteroatoms. The highest BCUT2D eigenvalue weighted by Crippen LogP contribution is 2.36. The summed E-state index contributed by atoms with van der Waals surface area (Å²) >= 11 is 7.97. The van der Waals surface area contributed by atoms with Crippen LogP contribution >= 0.6 is 22.9 Å². The Kier molecular flexibility index (Phi) is 5.30. The maximum absolute atomic E-state index is 12.4.